The molecule has 0 saturated heterocycles. The summed E-state index contributed by atoms with van der Waals surface area (Å²) >= 11 is 12.1. The molecule has 0 unspecified atom stereocenters. The smallest absolute Gasteiger partial charge is 0.288 e. The van der Waals surface area contributed by atoms with Crippen LogP contribution < -0.4 is 15.6 Å². The van der Waals surface area contributed by atoms with Crippen molar-refractivity contribution < 1.29 is 9.31 Å². The van der Waals surface area contributed by atoms with Crippen LogP contribution in [0.1, 0.15) is 5.56 Å². The van der Waals surface area contributed by atoms with Gasteiger partial charge in [-0.3, -0.25) is 10.1 Å². The first-order valence-corrected chi connectivity index (χ1v) is 9.37. The number of rotatable bonds is 7. The summed E-state index contributed by atoms with van der Waals surface area (Å²) in [5.74, 6) is 0.223. The highest BCUT2D eigenvalue weighted by atomic mass is 35.5. The zero-order valence-corrected chi connectivity index (χ0v) is 17.7. The van der Waals surface area contributed by atoms with Gasteiger partial charge in [-0.2, -0.15) is 20.1 Å². The quantitative estimate of drug-likeness (QED) is 0.298. The lowest BCUT2D eigenvalue weighted by atomic mass is 10.2. The molecule has 2 aromatic carbocycles. The van der Waals surface area contributed by atoms with Crippen molar-refractivity contribution in [2.75, 3.05) is 29.7 Å². The number of nitro benzene ring substituents is 1. The lowest BCUT2D eigenvalue weighted by Gasteiger charge is -2.13. The van der Waals surface area contributed by atoms with E-state index in [2.05, 4.69) is 30.8 Å². The highest BCUT2D eigenvalue weighted by Crippen LogP contribution is 2.31. The number of nitrogens with zero attached hydrogens (tertiary/aromatic N) is 6. The summed E-state index contributed by atoms with van der Waals surface area (Å²) in [6.45, 7) is 0. The van der Waals surface area contributed by atoms with Crippen molar-refractivity contribution in [3.63, 3.8) is 0 Å². The highest BCUT2D eigenvalue weighted by molar-refractivity contribution is 6.40. The maximum Gasteiger partial charge on any atom is 0.288 e. The van der Waals surface area contributed by atoms with E-state index in [1.807, 2.05) is 0 Å². The second-order valence-corrected chi connectivity index (χ2v) is 7.02. The average Bonchev–Trinajstić information content (AvgIpc) is 2.71. The van der Waals surface area contributed by atoms with E-state index in [1.165, 1.54) is 42.6 Å². The summed E-state index contributed by atoms with van der Waals surface area (Å²) in [5, 5.41) is 18.0. The highest BCUT2D eigenvalue weighted by Gasteiger charge is 2.17. The lowest BCUT2D eigenvalue weighted by molar-refractivity contribution is -0.384. The van der Waals surface area contributed by atoms with E-state index in [-0.39, 0.29) is 39.0 Å². The number of hydrazone groups is 1. The van der Waals surface area contributed by atoms with Gasteiger partial charge in [-0.1, -0.05) is 23.2 Å². The van der Waals surface area contributed by atoms with Crippen molar-refractivity contribution in [2.24, 2.45) is 5.10 Å². The Kier molecular flexibility index (Phi) is 6.78. The van der Waals surface area contributed by atoms with E-state index in [9.17, 15) is 14.5 Å². The summed E-state index contributed by atoms with van der Waals surface area (Å²) in [7, 11) is 3.49. The molecular formula is C18H15Cl2FN8O2. The van der Waals surface area contributed by atoms with Crippen molar-refractivity contribution >= 4 is 58.6 Å². The Morgan fingerprint density at radius 1 is 1.10 bits per heavy atom. The van der Waals surface area contributed by atoms with E-state index < -0.39 is 4.92 Å². The molecule has 10 nitrogen and oxygen atoms in total. The molecule has 1 aromatic heterocycles. The number of halogens is 3. The SMILES string of the molecule is CN(C)c1nc(N/N=C\c2c(Cl)ccc([N+](=O)[O-])c2Cl)nc(Nc2ccc(F)cc2)n1. The lowest BCUT2D eigenvalue weighted by Crippen LogP contribution is -2.15. The van der Waals surface area contributed by atoms with Gasteiger partial charge in [0.05, 0.1) is 16.2 Å². The molecule has 160 valence electrons. The predicted molar refractivity (Wildman–Crippen MR) is 118 cm³/mol. The van der Waals surface area contributed by atoms with Crippen LogP contribution in [0.5, 0.6) is 0 Å². The minimum atomic E-state index is -0.619. The number of anilines is 4. The van der Waals surface area contributed by atoms with Gasteiger partial charge in [0.25, 0.3) is 5.69 Å². The Morgan fingerprint density at radius 3 is 2.42 bits per heavy atom. The van der Waals surface area contributed by atoms with E-state index >= 15 is 0 Å². The molecule has 3 aromatic rings. The van der Waals surface area contributed by atoms with Crippen LogP contribution in [0.3, 0.4) is 0 Å². The summed E-state index contributed by atoms with van der Waals surface area (Å²) in [4.78, 5) is 24.8. The van der Waals surface area contributed by atoms with Crippen LogP contribution in [-0.4, -0.2) is 40.2 Å². The monoisotopic (exact) mass is 464 g/mol. The van der Waals surface area contributed by atoms with Gasteiger partial charge in [0.2, 0.25) is 17.8 Å². The number of nitrogens with one attached hydrogen (secondary N) is 2. The van der Waals surface area contributed by atoms with E-state index in [0.717, 1.165) is 0 Å². The Balaban J connectivity index is 1.86. The molecule has 0 amide bonds. The van der Waals surface area contributed by atoms with Crippen LogP contribution in [0.15, 0.2) is 41.5 Å². The number of hydrogen-bond donors (Lipinski definition) is 2. The molecule has 1 heterocycles. The van der Waals surface area contributed by atoms with Crippen molar-refractivity contribution in [2.45, 2.75) is 0 Å². The second kappa shape index (κ2) is 9.49. The fourth-order valence-corrected chi connectivity index (χ4v) is 2.84. The molecule has 2 N–H and O–H groups in total. The normalized spacial score (nSPS) is 10.9. The Labute approximate surface area is 185 Å². The van der Waals surface area contributed by atoms with Gasteiger partial charge in [-0.15, -0.1) is 0 Å². The summed E-state index contributed by atoms with van der Waals surface area (Å²) in [6, 6.07) is 8.22. The summed E-state index contributed by atoms with van der Waals surface area (Å²) in [5.41, 5.74) is 3.06. The summed E-state index contributed by atoms with van der Waals surface area (Å²) < 4.78 is 13.1. The van der Waals surface area contributed by atoms with Gasteiger partial charge in [0, 0.05) is 31.4 Å². The third kappa shape index (κ3) is 5.53. The molecule has 0 saturated carbocycles. The van der Waals surface area contributed by atoms with Gasteiger partial charge in [-0.25, -0.2) is 9.82 Å². The molecule has 31 heavy (non-hydrogen) atoms. The minimum absolute atomic E-state index is 0.0808. The Bertz CT molecular complexity index is 1140. The topological polar surface area (TPSA) is 121 Å². The molecule has 0 fully saturated rings. The molecule has 0 aliphatic carbocycles. The van der Waals surface area contributed by atoms with E-state index in [4.69, 9.17) is 23.2 Å². The van der Waals surface area contributed by atoms with Crippen molar-refractivity contribution in [3.05, 3.63) is 67.9 Å². The zero-order valence-electron chi connectivity index (χ0n) is 16.2. The minimum Gasteiger partial charge on any atom is -0.347 e. The predicted octanol–water partition coefficient (Wildman–Crippen LogP) is 4.48. The fraction of sp³-hybridized carbons (Fsp3) is 0.111. The molecule has 13 heteroatoms. The molecule has 0 radical (unpaired) electrons. The van der Waals surface area contributed by atoms with Gasteiger partial charge < -0.3 is 10.2 Å². The largest absolute Gasteiger partial charge is 0.347 e. The standard InChI is InChI=1S/C18H15Cl2FN8O2/c1-28(2)18-25-16(23-11-5-3-10(21)4-6-11)24-17(26-18)27-22-9-12-13(19)7-8-14(15(12)20)29(30)31/h3-9H,1-2H3,(H2,23,24,25,26,27)/b22-9-. The number of nitro groups is 1. The number of hydrogen-bond acceptors (Lipinski definition) is 9. The van der Waals surface area contributed by atoms with Crippen LogP contribution in [-0.2, 0) is 0 Å². The first kappa shape index (κ1) is 22.1. The molecule has 3 rings (SSSR count). The van der Waals surface area contributed by atoms with Crippen molar-refractivity contribution in [3.8, 4) is 0 Å². The molecule has 0 atom stereocenters. The van der Waals surface area contributed by atoms with Gasteiger partial charge >= 0.3 is 0 Å². The molecule has 0 aliphatic rings. The van der Waals surface area contributed by atoms with E-state index in [1.54, 1.807) is 19.0 Å². The first-order valence-electron chi connectivity index (χ1n) is 8.62. The fourth-order valence-electron chi connectivity index (χ4n) is 2.30. The molecule has 0 spiro atoms. The second-order valence-electron chi connectivity index (χ2n) is 6.23. The molecular weight excluding hydrogens is 450 g/mol. The molecule has 0 aliphatic heterocycles. The van der Waals surface area contributed by atoms with Gasteiger partial charge in [0.15, 0.2) is 0 Å². The maximum absolute atomic E-state index is 13.1. The van der Waals surface area contributed by atoms with Crippen LogP contribution in [0.4, 0.5) is 33.6 Å². The third-order valence-corrected chi connectivity index (χ3v) is 4.51. The van der Waals surface area contributed by atoms with Crippen LogP contribution in [0.25, 0.3) is 0 Å². The van der Waals surface area contributed by atoms with E-state index in [0.29, 0.717) is 11.6 Å². The van der Waals surface area contributed by atoms with Crippen molar-refractivity contribution in [1.82, 2.24) is 15.0 Å². The average molecular weight is 465 g/mol. The number of benzene rings is 2. The molecule has 0 bridgehead atoms. The van der Waals surface area contributed by atoms with Crippen LogP contribution in [0.2, 0.25) is 10.0 Å². The summed E-state index contributed by atoms with van der Waals surface area (Å²) in [6.07, 6.45) is 1.23. The zero-order chi connectivity index (χ0) is 22.5. The first-order chi connectivity index (χ1) is 14.7. The third-order valence-electron chi connectivity index (χ3n) is 3.79. The van der Waals surface area contributed by atoms with Gasteiger partial charge in [-0.05, 0) is 30.3 Å². The number of aromatic nitrogens is 3. The Morgan fingerprint density at radius 2 is 1.77 bits per heavy atom. The van der Waals surface area contributed by atoms with Crippen LogP contribution in [0, 0.1) is 15.9 Å². The van der Waals surface area contributed by atoms with Gasteiger partial charge in [0.1, 0.15) is 10.8 Å². The Hall–Kier alpha value is -3.57. The maximum atomic E-state index is 13.1. The van der Waals surface area contributed by atoms with Crippen LogP contribution >= 0.6 is 23.2 Å². The van der Waals surface area contributed by atoms with Crippen molar-refractivity contribution in [1.29, 1.82) is 0 Å².